The number of rotatable bonds is 8. The van der Waals surface area contributed by atoms with Crippen molar-refractivity contribution >= 4 is 5.69 Å². The minimum absolute atomic E-state index is 0.797. The first-order valence-corrected chi connectivity index (χ1v) is 8.86. The molecule has 1 N–H and O–H groups in total. The van der Waals surface area contributed by atoms with E-state index in [9.17, 15) is 0 Å². The van der Waals surface area contributed by atoms with Crippen LogP contribution in [0.3, 0.4) is 0 Å². The van der Waals surface area contributed by atoms with E-state index in [1.165, 1.54) is 68.4 Å². The second-order valence-corrected chi connectivity index (χ2v) is 7.57. The summed E-state index contributed by atoms with van der Waals surface area (Å²) in [7, 11) is 0. The predicted octanol–water partition coefficient (Wildman–Crippen LogP) is 3.87. The van der Waals surface area contributed by atoms with Gasteiger partial charge in [0.15, 0.2) is 0 Å². The van der Waals surface area contributed by atoms with Crippen LogP contribution in [0, 0.1) is 18.8 Å². The summed E-state index contributed by atoms with van der Waals surface area (Å²) >= 11 is 0. The van der Waals surface area contributed by atoms with Gasteiger partial charge in [0.2, 0.25) is 0 Å². The van der Waals surface area contributed by atoms with Crippen LogP contribution < -0.4 is 10.2 Å². The molecule has 1 aromatic rings. The predicted molar refractivity (Wildman–Crippen MR) is 88.7 cm³/mol. The van der Waals surface area contributed by atoms with Gasteiger partial charge in [-0.15, -0.1) is 0 Å². The third-order valence-corrected chi connectivity index (χ3v) is 5.13. The van der Waals surface area contributed by atoms with E-state index in [2.05, 4.69) is 35.3 Å². The van der Waals surface area contributed by atoms with Gasteiger partial charge in [0.05, 0.1) is 0 Å². The normalized spacial score (nSPS) is 21.6. The highest BCUT2D eigenvalue weighted by atomic mass is 15.1. The van der Waals surface area contributed by atoms with Crippen molar-refractivity contribution in [1.82, 2.24) is 5.32 Å². The lowest BCUT2D eigenvalue weighted by atomic mass is 10.1. The maximum absolute atomic E-state index is 3.62. The Labute approximate surface area is 128 Å². The molecule has 2 nitrogen and oxygen atoms in total. The van der Waals surface area contributed by atoms with Gasteiger partial charge in [-0.1, -0.05) is 12.1 Å². The molecule has 0 aromatic heterocycles. The monoisotopic (exact) mass is 284 g/mol. The first-order valence-electron chi connectivity index (χ1n) is 8.86. The molecule has 0 heterocycles. The van der Waals surface area contributed by atoms with Gasteiger partial charge in [-0.2, -0.15) is 0 Å². The largest absolute Gasteiger partial charge is 0.371 e. The third-order valence-electron chi connectivity index (χ3n) is 5.13. The number of benzene rings is 1. The van der Waals surface area contributed by atoms with Gasteiger partial charge in [-0.05, 0) is 74.5 Å². The molecular formula is C19H28N2. The van der Waals surface area contributed by atoms with Crippen molar-refractivity contribution in [2.75, 3.05) is 18.0 Å². The lowest BCUT2D eigenvalue weighted by molar-refractivity contribution is 0.674. The van der Waals surface area contributed by atoms with Crippen molar-refractivity contribution in [3.63, 3.8) is 0 Å². The summed E-state index contributed by atoms with van der Waals surface area (Å²) in [5.74, 6) is 1.94. The van der Waals surface area contributed by atoms with Gasteiger partial charge < -0.3 is 10.2 Å². The van der Waals surface area contributed by atoms with Crippen molar-refractivity contribution in [2.24, 2.45) is 11.8 Å². The Balaban J connectivity index is 1.44. The molecule has 3 fully saturated rings. The fraction of sp³-hybridized carbons (Fsp3) is 0.684. The van der Waals surface area contributed by atoms with Crippen LogP contribution in [0.15, 0.2) is 18.2 Å². The van der Waals surface area contributed by atoms with Crippen LogP contribution in [0.1, 0.15) is 49.7 Å². The van der Waals surface area contributed by atoms with Crippen molar-refractivity contribution in [1.29, 1.82) is 0 Å². The van der Waals surface area contributed by atoms with E-state index in [1.807, 2.05) is 0 Å². The number of nitrogens with one attached hydrogen (secondary N) is 1. The summed E-state index contributed by atoms with van der Waals surface area (Å²) in [6, 6.07) is 7.91. The van der Waals surface area contributed by atoms with E-state index in [-0.39, 0.29) is 0 Å². The second-order valence-electron chi connectivity index (χ2n) is 7.57. The second kappa shape index (κ2) is 5.64. The average molecular weight is 284 g/mol. The molecule has 0 saturated heterocycles. The molecule has 0 bridgehead atoms. The molecule has 0 atom stereocenters. The van der Waals surface area contributed by atoms with Gasteiger partial charge in [0.25, 0.3) is 0 Å². The Morgan fingerprint density at radius 3 is 2.19 bits per heavy atom. The van der Waals surface area contributed by atoms with Crippen LogP contribution in [-0.2, 0) is 6.54 Å². The fourth-order valence-electron chi connectivity index (χ4n) is 3.23. The molecule has 0 unspecified atom stereocenters. The van der Waals surface area contributed by atoms with Gasteiger partial charge in [-0.3, -0.25) is 0 Å². The van der Waals surface area contributed by atoms with Crippen molar-refractivity contribution < 1.29 is 0 Å². The molecule has 2 heteroatoms. The highest BCUT2D eigenvalue weighted by Gasteiger charge is 2.29. The lowest BCUT2D eigenvalue weighted by Crippen LogP contribution is -2.28. The molecule has 4 rings (SSSR count). The van der Waals surface area contributed by atoms with Gasteiger partial charge >= 0.3 is 0 Å². The number of hydrogen-bond donors (Lipinski definition) is 1. The molecule has 3 aliphatic rings. The van der Waals surface area contributed by atoms with Crippen LogP contribution in [-0.4, -0.2) is 19.1 Å². The van der Waals surface area contributed by atoms with E-state index in [0.29, 0.717) is 0 Å². The molecule has 0 radical (unpaired) electrons. The van der Waals surface area contributed by atoms with E-state index >= 15 is 0 Å². The lowest BCUT2D eigenvalue weighted by Gasteiger charge is -2.27. The van der Waals surface area contributed by atoms with Crippen molar-refractivity contribution in [3.05, 3.63) is 29.3 Å². The Hall–Kier alpha value is -1.02. The summed E-state index contributed by atoms with van der Waals surface area (Å²) in [5, 5.41) is 3.62. The SMILES string of the molecule is Cc1cc(CNC2CC2)ccc1N(CC1CC1)CC1CC1. The first kappa shape index (κ1) is 13.6. The summed E-state index contributed by atoms with van der Waals surface area (Å²) < 4.78 is 0. The summed E-state index contributed by atoms with van der Waals surface area (Å²) in [4.78, 5) is 2.68. The van der Waals surface area contributed by atoms with Gasteiger partial charge in [0.1, 0.15) is 0 Å². The maximum Gasteiger partial charge on any atom is 0.0396 e. The van der Waals surface area contributed by atoms with E-state index in [0.717, 1.165) is 24.4 Å². The molecular weight excluding hydrogens is 256 g/mol. The zero-order valence-corrected chi connectivity index (χ0v) is 13.3. The molecule has 3 aliphatic carbocycles. The Kier molecular flexibility index (Phi) is 3.66. The smallest absolute Gasteiger partial charge is 0.0396 e. The Bertz CT molecular complexity index is 484. The fourth-order valence-corrected chi connectivity index (χ4v) is 3.23. The van der Waals surface area contributed by atoms with Crippen LogP contribution in [0.25, 0.3) is 0 Å². The third kappa shape index (κ3) is 3.79. The quantitative estimate of drug-likeness (QED) is 0.779. The standard InChI is InChI=1S/C19H28N2/c1-14-10-17(11-20-18-7-8-18)6-9-19(14)21(12-15-2-3-15)13-16-4-5-16/h6,9-10,15-16,18,20H,2-5,7-8,11-13H2,1H3. The number of anilines is 1. The van der Waals surface area contributed by atoms with Crippen LogP contribution >= 0.6 is 0 Å². The summed E-state index contributed by atoms with van der Waals surface area (Å²) in [5.41, 5.74) is 4.40. The van der Waals surface area contributed by atoms with E-state index in [1.54, 1.807) is 0 Å². The minimum atomic E-state index is 0.797. The highest BCUT2D eigenvalue weighted by molar-refractivity contribution is 5.55. The van der Waals surface area contributed by atoms with E-state index < -0.39 is 0 Å². The van der Waals surface area contributed by atoms with Gasteiger partial charge in [-0.25, -0.2) is 0 Å². The van der Waals surface area contributed by atoms with Crippen LogP contribution in [0.2, 0.25) is 0 Å². The molecule has 0 spiro atoms. The van der Waals surface area contributed by atoms with Crippen molar-refractivity contribution in [3.8, 4) is 0 Å². The van der Waals surface area contributed by atoms with Crippen molar-refractivity contribution in [2.45, 2.75) is 58.0 Å². The number of aryl methyl sites for hydroxylation is 1. The maximum atomic E-state index is 3.62. The molecule has 0 aliphatic heterocycles. The van der Waals surface area contributed by atoms with Gasteiger partial charge in [0, 0.05) is 31.4 Å². The minimum Gasteiger partial charge on any atom is -0.371 e. The first-order chi connectivity index (χ1) is 10.3. The molecule has 114 valence electrons. The molecule has 1 aromatic carbocycles. The number of nitrogens with zero attached hydrogens (tertiary/aromatic N) is 1. The van der Waals surface area contributed by atoms with Crippen LogP contribution in [0.4, 0.5) is 5.69 Å². The highest BCUT2D eigenvalue weighted by Crippen LogP contribution is 2.36. The Morgan fingerprint density at radius 2 is 1.67 bits per heavy atom. The zero-order chi connectivity index (χ0) is 14.2. The number of hydrogen-bond acceptors (Lipinski definition) is 2. The molecule has 3 saturated carbocycles. The van der Waals surface area contributed by atoms with E-state index in [4.69, 9.17) is 0 Å². The summed E-state index contributed by atoms with van der Waals surface area (Å²) in [6.07, 6.45) is 8.53. The Morgan fingerprint density at radius 1 is 1.00 bits per heavy atom. The topological polar surface area (TPSA) is 15.3 Å². The molecule has 0 amide bonds. The average Bonchev–Trinajstić information content (AvgIpc) is 3.33. The molecule has 21 heavy (non-hydrogen) atoms. The zero-order valence-electron chi connectivity index (χ0n) is 13.3. The summed E-state index contributed by atoms with van der Waals surface area (Å²) in [6.45, 7) is 5.91. The van der Waals surface area contributed by atoms with Crippen LogP contribution in [0.5, 0.6) is 0 Å².